The summed E-state index contributed by atoms with van der Waals surface area (Å²) >= 11 is 0. The average Bonchev–Trinajstić information content (AvgIpc) is 2.37. The normalized spacial score (nSPS) is 11.8. The molecule has 0 spiro atoms. The zero-order chi connectivity index (χ0) is 15.0. The first kappa shape index (κ1) is 16.9. The highest BCUT2D eigenvalue weighted by Gasteiger charge is 2.17. The fraction of sp³-hybridized carbons (Fsp3) is 0.615. The summed E-state index contributed by atoms with van der Waals surface area (Å²) in [5.74, 6) is 0. The van der Waals surface area contributed by atoms with Crippen LogP contribution in [0.15, 0.2) is 18.5 Å². The van der Waals surface area contributed by atoms with Crippen LogP contribution in [0.2, 0.25) is 0 Å². The molecule has 6 nitrogen and oxygen atoms in total. The molecule has 1 aromatic rings. The molecule has 2 N–H and O–H groups in total. The molecular weight excluding hydrogens is 276 g/mol. The van der Waals surface area contributed by atoms with Gasteiger partial charge in [0.25, 0.3) is 0 Å². The molecule has 0 saturated heterocycles. The Morgan fingerprint density at radius 1 is 1.30 bits per heavy atom. The summed E-state index contributed by atoms with van der Waals surface area (Å²) in [5, 5.41) is 3.25. The van der Waals surface area contributed by atoms with Gasteiger partial charge in [0.1, 0.15) is 0 Å². The molecule has 0 saturated carbocycles. The van der Waals surface area contributed by atoms with E-state index < -0.39 is 10.2 Å². The van der Waals surface area contributed by atoms with E-state index in [4.69, 9.17) is 0 Å². The van der Waals surface area contributed by atoms with Gasteiger partial charge in [-0.1, -0.05) is 6.92 Å². The second-order valence-corrected chi connectivity index (χ2v) is 6.56. The first-order valence-corrected chi connectivity index (χ1v) is 8.26. The lowest BCUT2D eigenvalue weighted by Crippen LogP contribution is -2.34. The SMILES string of the molecule is CCCNCCCN(C)S(=O)(=O)Nc1cncc(C)c1. The molecule has 114 valence electrons. The van der Waals surface area contributed by atoms with Crippen LogP contribution < -0.4 is 10.0 Å². The Labute approximate surface area is 121 Å². The zero-order valence-electron chi connectivity index (χ0n) is 12.4. The fourth-order valence-corrected chi connectivity index (χ4v) is 2.62. The molecule has 1 aromatic heterocycles. The highest BCUT2D eigenvalue weighted by molar-refractivity contribution is 7.90. The van der Waals surface area contributed by atoms with Gasteiger partial charge in [-0.2, -0.15) is 12.7 Å². The first-order chi connectivity index (χ1) is 9.45. The molecule has 1 rings (SSSR count). The molecule has 0 aromatic carbocycles. The highest BCUT2D eigenvalue weighted by Crippen LogP contribution is 2.11. The Kier molecular flexibility index (Phi) is 6.90. The molecule has 0 aliphatic carbocycles. The Bertz CT molecular complexity index is 505. The molecule has 1 heterocycles. The maximum absolute atomic E-state index is 12.1. The van der Waals surface area contributed by atoms with Crippen molar-refractivity contribution in [2.24, 2.45) is 0 Å². The lowest BCUT2D eigenvalue weighted by atomic mass is 10.3. The zero-order valence-corrected chi connectivity index (χ0v) is 13.2. The molecule has 20 heavy (non-hydrogen) atoms. The van der Waals surface area contributed by atoms with Crippen LogP contribution in [0.5, 0.6) is 0 Å². The van der Waals surface area contributed by atoms with Crippen molar-refractivity contribution < 1.29 is 8.42 Å². The standard InChI is InChI=1S/C13H24N4O2S/c1-4-6-14-7-5-8-17(3)20(18,19)16-13-9-12(2)10-15-11-13/h9-11,14,16H,4-8H2,1-3H3. The van der Waals surface area contributed by atoms with Crippen LogP contribution in [-0.2, 0) is 10.2 Å². The third-order valence-electron chi connectivity index (χ3n) is 2.79. The number of aryl methyl sites for hydroxylation is 1. The molecule has 7 heteroatoms. The quantitative estimate of drug-likeness (QED) is 0.676. The van der Waals surface area contributed by atoms with Crippen molar-refractivity contribution in [1.29, 1.82) is 0 Å². The van der Waals surface area contributed by atoms with E-state index in [2.05, 4.69) is 21.9 Å². The largest absolute Gasteiger partial charge is 0.317 e. The number of nitrogens with zero attached hydrogens (tertiary/aromatic N) is 2. The Morgan fingerprint density at radius 2 is 2.05 bits per heavy atom. The third-order valence-corrected chi connectivity index (χ3v) is 4.28. The van der Waals surface area contributed by atoms with E-state index in [9.17, 15) is 8.42 Å². The van der Waals surface area contributed by atoms with E-state index >= 15 is 0 Å². The number of pyridine rings is 1. The third kappa shape index (κ3) is 5.85. The summed E-state index contributed by atoms with van der Waals surface area (Å²) in [6.45, 7) is 6.23. The van der Waals surface area contributed by atoms with Crippen LogP contribution in [0, 0.1) is 6.92 Å². The first-order valence-electron chi connectivity index (χ1n) is 6.82. The number of aromatic nitrogens is 1. The molecule has 0 fully saturated rings. The fourth-order valence-electron chi connectivity index (χ4n) is 1.69. The van der Waals surface area contributed by atoms with Gasteiger partial charge in [0.2, 0.25) is 0 Å². The van der Waals surface area contributed by atoms with E-state index in [-0.39, 0.29) is 0 Å². The van der Waals surface area contributed by atoms with Crippen LogP contribution in [0.3, 0.4) is 0 Å². The van der Waals surface area contributed by atoms with Crippen LogP contribution >= 0.6 is 0 Å². The average molecular weight is 300 g/mol. The van der Waals surface area contributed by atoms with Crippen molar-refractivity contribution in [3.05, 3.63) is 24.0 Å². The van der Waals surface area contributed by atoms with E-state index in [0.29, 0.717) is 12.2 Å². The van der Waals surface area contributed by atoms with Gasteiger partial charge in [-0.3, -0.25) is 9.71 Å². The van der Waals surface area contributed by atoms with Gasteiger partial charge in [0.15, 0.2) is 0 Å². The van der Waals surface area contributed by atoms with Crippen LogP contribution in [0.4, 0.5) is 5.69 Å². The molecule has 0 aliphatic heterocycles. The van der Waals surface area contributed by atoms with Gasteiger partial charge in [-0.05, 0) is 44.5 Å². The smallest absolute Gasteiger partial charge is 0.301 e. The molecule has 0 radical (unpaired) electrons. The predicted molar refractivity (Wildman–Crippen MR) is 81.9 cm³/mol. The van der Waals surface area contributed by atoms with Gasteiger partial charge in [-0.15, -0.1) is 0 Å². The van der Waals surface area contributed by atoms with E-state index in [0.717, 1.165) is 31.5 Å². The Balaban J connectivity index is 2.47. The number of anilines is 1. The monoisotopic (exact) mass is 300 g/mol. The maximum atomic E-state index is 12.1. The van der Waals surface area contributed by atoms with Crippen molar-refractivity contribution >= 4 is 15.9 Å². The molecular formula is C13H24N4O2S. The summed E-state index contributed by atoms with van der Waals surface area (Å²) in [6, 6.07) is 1.75. The van der Waals surface area contributed by atoms with E-state index in [1.807, 2.05) is 6.92 Å². The van der Waals surface area contributed by atoms with Crippen molar-refractivity contribution in [3.8, 4) is 0 Å². The summed E-state index contributed by atoms with van der Waals surface area (Å²) < 4.78 is 28.0. The summed E-state index contributed by atoms with van der Waals surface area (Å²) in [7, 11) is -1.93. The number of hydrogen-bond acceptors (Lipinski definition) is 4. The minimum atomic E-state index is -3.51. The lowest BCUT2D eigenvalue weighted by molar-refractivity contribution is 0.458. The van der Waals surface area contributed by atoms with Crippen LogP contribution in [0.25, 0.3) is 0 Å². The minimum absolute atomic E-state index is 0.477. The van der Waals surface area contributed by atoms with Gasteiger partial charge in [0, 0.05) is 19.8 Å². The molecule has 0 bridgehead atoms. The van der Waals surface area contributed by atoms with Crippen molar-refractivity contribution in [2.75, 3.05) is 31.4 Å². The van der Waals surface area contributed by atoms with E-state index in [1.54, 1.807) is 19.3 Å². The molecule has 0 atom stereocenters. The van der Waals surface area contributed by atoms with Crippen molar-refractivity contribution in [3.63, 3.8) is 0 Å². The van der Waals surface area contributed by atoms with Crippen LogP contribution in [0.1, 0.15) is 25.3 Å². The highest BCUT2D eigenvalue weighted by atomic mass is 32.2. The van der Waals surface area contributed by atoms with Gasteiger partial charge in [-0.25, -0.2) is 0 Å². The van der Waals surface area contributed by atoms with Crippen molar-refractivity contribution in [1.82, 2.24) is 14.6 Å². The number of nitrogens with one attached hydrogen (secondary N) is 2. The number of rotatable bonds is 9. The second-order valence-electron chi connectivity index (χ2n) is 4.78. The Morgan fingerprint density at radius 3 is 2.70 bits per heavy atom. The molecule has 0 aliphatic rings. The van der Waals surface area contributed by atoms with Crippen LogP contribution in [-0.4, -0.2) is 44.4 Å². The maximum Gasteiger partial charge on any atom is 0.301 e. The summed E-state index contributed by atoms with van der Waals surface area (Å²) in [6.07, 6.45) is 5.04. The summed E-state index contributed by atoms with van der Waals surface area (Å²) in [5.41, 5.74) is 1.40. The summed E-state index contributed by atoms with van der Waals surface area (Å²) in [4.78, 5) is 3.97. The number of hydrogen-bond donors (Lipinski definition) is 2. The topological polar surface area (TPSA) is 74.3 Å². The molecule has 0 unspecified atom stereocenters. The van der Waals surface area contributed by atoms with Gasteiger partial charge < -0.3 is 5.32 Å². The molecule has 0 amide bonds. The van der Waals surface area contributed by atoms with E-state index in [1.165, 1.54) is 10.5 Å². The van der Waals surface area contributed by atoms with Gasteiger partial charge >= 0.3 is 10.2 Å². The predicted octanol–water partition coefficient (Wildman–Crippen LogP) is 1.37. The Hall–Kier alpha value is -1.18. The lowest BCUT2D eigenvalue weighted by Gasteiger charge is -2.18. The second kappa shape index (κ2) is 8.18. The minimum Gasteiger partial charge on any atom is -0.317 e. The van der Waals surface area contributed by atoms with Gasteiger partial charge in [0.05, 0.1) is 11.9 Å². The van der Waals surface area contributed by atoms with Crippen molar-refractivity contribution in [2.45, 2.75) is 26.7 Å².